The Morgan fingerprint density at radius 3 is 2.60 bits per heavy atom. The molecule has 1 fully saturated rings. The Morgan fingerprint density at radius 2 is 1.88 bits per heavy atom. The summed E-state index contributed by atoms with van der Waals surface area (Å²) in [6, 6.07) is 14.0. The third-order valence-corrected chi connectivity index (χ3v) is 4.36. The fourth-order valence-electron chi connectivity index (χ4n) is 2.95. The molecule has 2 aromatic rings. The zero-order valence-corrected chi connectivity index (χ0v) is 14.3. The fraction of sp³-hybridized carbons (Fsp3) is 0.350. The van der Waals surface area contributed by atoms with Crippen LogP contribution in [0.4, 0.5) is 0 Å². The van der Waals surface area contributed by atoms with Crippen molar-refractivity contribution in [3.05, 3.63) is 59.7 Å². The van der Waals surface area contributed by atoms with Crippen molar-refractivity contribution < 1.29 is 14.6 Å². The minimum absolute atomic E-state index is 0.146. The fourth-order valence-corrected chi connectivity index (χ4v) is 2.95. The summed E-state index contributed by atoms with van der Waals surface area (Å²) in [5, 5.41) is 12.3. The average molecular weight is 340 g/mol. The molecule has 1 saturated heterocycles. The second-order valence-electron chi connectivity index (χ2n) is 6.27. The van der Waals surface area contributed by atoms with Crippen molar-refractivity contribution in [3.63, 3.8) is 0 Å². The van der Waals surface area contributed by atoms with Gasteiger partial charge in [-0.3, -0.25) is 9.69 Å². The highest BCUT2D eigenvalue weighted by Gasteiger charge is 2.11. The summed E-state index contributed by atoms with van der Waals surface area (Å²) in [5.41, 5.74) is 1.45. The van der Waals surface area contributed by atoms with Crippen molar-refractivity contribution in [2.45, 2.75) is 19.4 Å². The molecular weight excluding hydrogens is 316 g/mol. The number of hydrogen-bond donors (Lipinski definition) is 2. The predicted octanol–water partition coefficient (Wildman–Crippen LogP) is 2.80. The van der Waals surface area contributed by atoms with E-state index in [4.69, 9.17) is 4.74 Å². The lowest BCUT2D eigenvalue weighted by atomic mass is 10.2. The van der Waals surface area contributed by atoms with Gasteiger partial charge in [0.1, 0.15) is 18.1 Å². The van der Waals surface area contributed by atoms with Crippen molar-refractivity contribution in [1.29, 1.82) is 0 Å². The maximum absolute atomic E-state index is 12.2. The van der Waals surface area contributed by atoms with Gasteiger partial charge in [-0.1, -0.05) is 12.1 Å². The van der Waals surface area contributed by atoms with Crippen LogP contribution in [-0.4, -0.2) is 42.2 Å². The summed E-state index contributed by atoms with van der Waals surface area (Å²) in [6.45, 7) is 4.33. The smallest absolute Gasteiger partial charge is 0.251 e. The number of benzene rings is 2. The topological polar surface area (TPSA) is 61.8 Å². The van der Waals surface area contributed by atoms with Gasteiger partial charge in [-0.2, -0.15) is 0 Å². The lowest BCUT2D eigenvalue weighted by Gasteiger charge is -2.15. The number of aromatic hydroxyl groups is 1. The average Bonchev–Trinajstić information content (AvgIpc) is 3.14. The molecule has 0 saturated carbocycles. The number of hydrogen-bond acceptors (Lipinski definition) is 4. The number of amides is 1. The highest BCUT2D eigenvalue weighted by molar-refractivity contribution is 5.94. The van der Waals surface area contributed by atoms with Crippen LogP contribution < -0.4 is 10.1 Å². The van der Waals surface area contributed by atoms with Gasteiger partial charge in [0, 0.05) is 18.7 Å². The monoisotopic (exact) mass is 340 g/mol. The Bertz CT molecular complexity index is 694. The van der Waals surface area contributed by atoms with Crippen LogP contribution in [0.1, 0.15) is 28.8 Å². The van der Waals surface area contributed by atoms with Crippen molar-refractivity contribution in [2.24, 2.45) is 0 Å². The summed E-state index contributed by atoms with van der Waals surface area (Å²) in [7, 11) is 0. The molecule has 0 radical (unpaired) electrons. The van der Waals surface area contributed by atoms with Crippen LogP contribution in [-0.2, 0) is 6.54 Å². The largest absolute Gasteiger partial charge is 0.508 e. The lowest BCUT2D eigenvalue weighted by molar-refractivity contribution is 0.0951. The molecule has 0 atom stereocenters. The Kier molecular flexibility index (Phi) is 5.90. The number of phenols is 1. The molecule has 0 aromatic heterocycles. The molecule has 5 heteroatoms. The number of carbonyl (C=O) groups is 1. The van der Waals surface area contributed by atoms with E-state index in [-0.39, 0.29) is 11.7 Å². The molecule has 2 aromatic carbocycles. The third-order valence-electron chi connectivity index (χ3n) is 4.36. The van der Waals surface area contributed by atoms with Gasteiger partial charge in [-0.25, -0.2) is 0 Å². The molecule has 132 valence electrons. The van der Waals surface area contributed by atoms with E-state index in [9.17, 15) is 9.90 Å². The van der Waals surface area contributed by atoms with Crippen LogP contribution in [0.25, 0.3) is 0 Å². The van der Waals surface area contributed by atoms with Crippen LogP contribution in [0.3, 0.4) is 0 Å². The zero-order valence-electron chi connectivity index (χ0n) is 14.3. The Morgan fingerprint density at radius 1 is 1.12 bits per heavy atom. The molecule has 0 unspecified atom stereocenters. The number of phenolic OH excluding ortho intramolecular Hbond substituents is 1. The summed E-state index contributed by atoms with van der Waals surface area (Å²) < 4.78 is 5.74. The molecule has 1 heterocycles. The molecule has 3 rings (SSSR count). The summed E-state index contributed by atoms with van der Waals surface area (Å²) in [6.07, 6.45) is 2.57. The minimum Gasteiger partial charge on any atom is -0.508 e. The van der Waals surface area contributed by atoms with Crippen LogP contribution in [0.15, 0.2) is 48.5 Å². The first kappa shape index (κ1) is 17.3. The number of likely N-dealkylation sites (tertiary alicyclic amines) is 1. The molecule has 0 bridgehead atoms. The van der Waals surface area contributed by atoms with Crippen LogP contribution >= 0.6 is 0 Å². The van der Waals surface area contributed by atoms with E-state index < -0.39 is 0 Å². The quantitative estimate of drug-likeness (QED) is 0.814. The summed E-state index contributed by atoms with van der Waals surface area (Å²) >= 11 is 0. The van der Waals surface area contributed by atoms with Gasteiger partial charge in [0.2, 0.25) is 0 Å². The number of nitrogens with zero attached hydrogens (tertiary/aromatic N) is 1. The molecule has 0 aliphatic carbocycles. The number of carbonyl (C=O) groups excluding carboxylic acids is 1. The van der Waals surface area contributed by atoms with Gasteiger partial charge in [0.15, 0.2) is 0 Å². The van der Waals surface area contributed by atoms with E-state index in [1.165, 1.54) is 25.9 Å². The van der Waals surface area contributed by atoms with Gasteiger partial charge >= 0.3 is 0 Å². The maximum Gasteiger partial charge on any atom is 0.251 e. The molecule has 25 heavy (non-hydrogen) atoms. The molecule has 1 amide bonds. The first-order chi connectivity index (χ1) is 12.2. The SMILES string of the molecule is O=C(NCc1cccc(O)c1)c1ccc(OCCN2CCCC2)cc1. The van der Waals surface area contributed by atoms with E-state index >= 15 is 0 Å². The second-order valence-corrected chi connectivity index (χ2v) is 6.27. The van der Waals surface area contributed by atoms with Crippen molar-refractivity contribution in [2.75, 3.05) is 26.2 Å². The second kappa shape index (κ2) is 8.53. The van der Waals surface area contributed by atoms with Gasteiger partial charge in [0.25, 0.3) is 5.91 Å². The van der Waals surface area contributed by atoms with Crippen LogP contribution in [0.2, 0.25) is 0 Å². The summed E-state index contributed by atoms with van der Waals surface area (Å²) in [5.74, 6) is 0.831. The number of nitrogens with one attached hydrogen (secondary N) is 1. The maximum atomic E-state index is 12.2. The Labute approximate surface area is 148 Å². The van der Waals surface area contributed by atoms with E-state index in [1.807, 2.05) is 18.2 Å². The van der Waals surface area contributed by atoms with Gasteiger partial charge in [0.05, 0.1) is 0 Å². The standard InChI is InChI=1S/C20H24N2O3/c23-18-5-3-4-16(14-18)15-21-20(24)17-6-8-19(9-7-17)25-13-12-22-10-1-2-11-22/h3-9,14,23H,1-2,10-13,15H2,(H,21,24). The van der Waals surface area contributed by atoms with Gasteiger partial charge in [-0.05, 0) is 67.9 Å². The molecule has 5 nitrogen and oxygen atoms in total. The van der Waals surface area contributed by atoms with E-state index in [1.54, 1.807) is 30.3 Å². The lowest BCUT2D eigenvalue weighted by Crippen LogP contribution is -2.25. The zero-order chi connectivity index (χ0) is 17.5. The van der Waals surface area contributed by atoms with Gasteiger partial charge < -0.3 is 15.2 Å². The van der Waals surface area contributed by atoms with Crippen molar-refractivity contribution >= 4 is 5.91 Å². The first-order valence-electron chi connectivity index (χ1n) is 8.72. The Hall–Kier alpha value is -2.53. The van der Waals surface area contributed by atoms with Crippen molar-refractivity contribution in [3.8, 4) is 11.5 Å². The van der Waals surface area contributed by atoms with E-state index in [2.05, 4.69) is 10.2 Å². The predicted molar refractivity (Wildman–Crippen MR) is 96.9 cm³/mol. The van der Waals surface area contributed by atoms with Crippen LogP contribution in [0, 0.1) is 0 Å². The normalized spacial score (nSPS) is 14.4. The molecular formula is C20H24N2O3. The van der Waals surface area contributed by atoms with E-state index in [0.717, 1.165) is 17.9 Å². The Balaban J connectivity index is 1.45. The number of rotatable bonds is 7. The number of ether oxygens (including phenoxy) is 1. The highest BCUT2D eigenvalue weighted by Crippen LogP contribution is 2.14. The third kappa shape index (κ3) is 5.22. The van der Waals surface area contributed by atoms with E-state index in [0.29, 0.717) is 18.7 Å². The van der Waals surface area contributed by atoms with Gasteiger partial charge in [-0.15, -0.1) is 0 Å². The highest BCUT2D eigenvalue weighted by atomic mass is 16.5. The molecule has 1 aliphatic heterocycles. The molecule has 0 spiro atoms. The van der Waals surface area contributed by atoms with Crippen LogP contribution in [0.5, 0.6) is 11.5 Å². The first-order valence-corrected chi connectivity index (χ1v) is 8.72. The van der Waals surface area contributed by atoms with Crippen molar-refractivity contribution in [1.82, 2.24) is 10.2 Å². The molecule has 2 N–H and O–H groups in total. The summed E-state index contributed by atoms with van der Waals surface area (Å²) in [4.78, 5) is 14.6. The minimum atomic E-state index is -0.146. The molecule has 1 aliphatic rings.